The first-order valence-electron chi connectivity index (χ1n) is 12.2. The van der Waals surface area contributed by atoms with Crippen molar-refractivity contribution in [3.05, 3.63) is 87.9 Å². The van der Waals surface area contributed by atoms with Crippen LogP contribution >= 0.6 is 22.9 Å². The number of benzene rings is 3. The van der Waals surface area contributed by atoms with E-state index in [0.717, 1.165) is 16.0 Å². The largest absolute Gasteiger partial charge is 0.507 e. The van der Waals surface area contributed by atoms with Gasteiger partial charge in [0.05, 0.1) is 28.4 Å². The molecule has 9 heteroatoms. The third-order valence-electron chi connectivity index (χ3n) is 6.64. The maximum Gasteiger partial charge on any atom is 0.301 e. The van der Waals surface area contributed by atoms with Gasteiger partial charge in [0.25, 0.3) is 5.78 Å². The average Bonchev–Trinajstić information content (AvgIpc) is 3.56. The van der Waals surface area contributed by atoms with Crippen LogP contribution in [0.15, 0.2) is 66.2 Å². The lowest BCUT2D eigenvalue weighted by Gasteiger charge is -2.23. The van der Waals surface area contributed by atoms with Gasteiger partial charge in [-0.2, -0.15) is 0 Å². The van der Waals surface area contributed by atoms with E-state index in [1.165, 1.54) is 16.2 Å². The second-order valence-electron chi connectivity index (χ2n) is 9.24. The third kappa shape index (κ3) is 4.10. The molecule has 7 nitrogen and oxygen atoms in total. The lowest BCUT2D eigenvalue weighted by molar-refractivity contribution is -0.132. The minimum absolute atomic E-state index is 0.0153. The molecule has 1 saturated heterocycles. The molecule has 3 aromatic carbocycles. The molecule has 0 spiro atoms. The highest BCUT2D eigenvalue weighted by molar-refractivity contribution is 7.22. The Morgan fingerprint density at radius 2 is 2.03 bits per heavy atom. The zero-order valence-corrected chi connectivity index (χ0v) is 22.2. The molecule has 192 valence electrons. The number of rotatable bonds is 5. The number of carbonyl (C=O) groups excluding carboxylic acids is 2. The van der Waals surface area contributed by atoms with Crippen LogP contribution in [-0.4, -0.2) is 34.5 Å². The highest BCUT2D eigenvalue weighted by Crippen LogP contribution is 2.45. The average molecular weight is 547 g/mol. The van der Waals surface area contributed by atoms with E-state index in [-0.39, 0.29) is 17.4 Å². The molecule has 6 rings (SSSR count). The van der Waals surface area contributed by atoms with Crippen molar-refractivity contribution in [3.63, 3.8) is 0 Å². The number of halogens is 1. The SMILES string of the molecule is CCOc1ccc2nc(N3C(=O)C(=O)/C(=C(/O)c4ccc5c(c4)C[C@@H](C)O5)[C@@H]3c3cccc(Cl)c3)sc2c1. The topological polar surface area (TPSA) is 89.0 Å². The van der Waals surface area contributed by atoms with Gasteiger partial charge in [-0.25, -0.2) is 4.98 Å². The summed E-state index contributed by atoms with van der Waals surface area (Å²) in [5.41, 5.74) is 2.63. The van der Waals surface area contributed by atoms with Crippen molar-refractivity contribution in [2.45, 2.75) is 32.4 Å². The molecule has 0 unspecified atom stereocenters. The molecule has 1 fully saturated rings. The number of hydrogen-bond acceptors (Lipinski definition) is 7. The van der Waals surface area contributed by atoms with Crippen molar-refractivity contribution >= 4 is 55.7 Å². The highest BCUT2D eigenvalue weighted by atomic mass is 35.5. The number of carbonyl (C=O) groups is 2. The molecular formula is C29H23ClN2O5S. The molecule has 0 bridgehead atoms. The Kier molecular flexibility index (Phi) is 6.08. The van der Waals surface area contributed by atoms with Gasteiger partial charge in [-0.1, -0.05) is 35.1 Å². The van der Waals surface area contributed by atoms with E-state index in [4.69, 9.17) is 21.1 Å². The Balaban J connectivity index is 1.51. The van der Waals surface area contributed by atoms with Crippen LogP contribution in [0.4, 0.5) is 5.13 Å². The normalized spacial score (nSPS) is 20.1. The number of amides is 1. The van der Waals surface area contributed by atoms with Gasteiger partial charge in [0.1, 0.15) is 23.4 Å². The molecule has 2 aliphatic heterocycles. The lowest BCUT2D eigenvalue weighted by Crippen LogP contribution is -2.29. The van der Waals surface area contributed by atoms with Gasteiger partial charge in [0.15, 0.2) is 5.13 Å². The maximum absolute atomic E-state index is 13.5. The van der Waals surface area contributed by atoms with E-state index < -0.39 is 17.7 Å². The van der Waals surface area contributed by atoms with Crippen molar-refractivity contribution in [2.24, 2.45) is 0 Å². The fourth-order valence-electron chi connectivity index (χ4n) is 5.00. The number of aliphatic hydroxyl groups excluding tert-OH is 1. The molecule has 2 aliphatic rings. The van der Waals surface area contributed by atoms with E-state index in [1.54, 1.807) is 36.4 Å². The van der Waals surface area contributed by atoms with Gasteiger partial charge in [-0.05, 0) is 73.5 Å². The fourth-order valence-corrected chi connectivity index (χ4v) is 6.22. The first kappa shape index (κ1) is 24.5. The Labute approximate surface area is 227 Å². The second-order valence-corrected chi connectivity index (χ2v) is 10.7. The number of anilines is 1. The number of ether oxygens (including phenoxy) is 2. The van der Waals surface area contributed by atoms with Gasteiger partial charge in [0.2, 0.25) is 0 Å². The Morgan fingerprint density at radius 3 is 2.82 bits per heavy atom. The minimum atomic E-state index is -0.913. The zero-order valence-electron chi connectivity index (χ0n) is 20.6. The molecule has 1 amide bonds. The first-order chi connectivity index (χ1) is 18.3. The van der Waals surface area contributed by atoms with Crippen LogP contribution < -0.4 is 14.4 Å². The number of thiazole rings is 1. The van der Waals surface area contributed by atoms with Gasteiger partial charge < -0.3 is 14.6 Å². The van der Waals surface area contributed by atoms with Crippen LogP contribution in [-0.2, 0) is 16.0 Å². The van der Waals surface area contributed by atoms with Gasteiger partial charge in [-0.3, -0.25) is 14.5 Å². The van der Waals surface area contributed by atoms with E-state index in [2.05, 4.69) is 4.98 Å². The van der Waals surface area contributed by atoms with Crippen molar-refractivity contribution in [1.29, 1.82) is 0 Å². The Morgan fingerprint density at radius 1 is 1.18 bits per heavy atom. The number of nitrogens with zero attached hydrogens (tertiary/aromatic N) is 2. The number of aromatic nitrogens is 1. The summed E-state index contributed by atoms with van der Waals surface area (Å²) >= 11 is 7.59. The summed E-state index contributed by atoms with van der Waals surface area (Å²) in [6.07, 6.45) is 0.722. The quantitative estimate of drug-likeness (QED) is 0.179. The predicted molar refractivity (Wildman–Crippen MR) is 147 cm³/mol. The third-order valence-corrected chi connectivity index (χ3v) is 7.90. The standard InChI is InChI=1S/C29H23ClN2O5S/c1-3-36-20-8-9-21-23(14-20)38-29(31-21)32-25(16-5-4-6-19(30)13-16)24(27(34)28(32)35)26(33)17-7-10-22-18(12-17)11-15(2)37-22/h4-10,12-15,25,33H,3,11H2,1-2H3/b26-24+/t15-,25+/m1/s1. The highest BCUT2D eigenvalue weighted by Gasteiger charge is 2.48. The molecule has 4 aromatic rings. The monoisotopic (exact) mass is 546 g/mol. The van der Waals surface area contributed by atoms with Crippen LogP contribution in [0, 0.1) is 0 Å². The maximum atomic E-state index is 13.5. The summed E-state index contributed by atoms with van der Waals surface area (Å²) in [5, 5.41) is 12.3. The molecule has 2 atom stereocenters. The summed E-state index contributed by atoms with van der Waals surface area (Å²) in [6.45, 7) is 4.40. The molecule has 38 heavy (non-hydrogen) atoms. The van der Waals surface area contributed by atoms with Crippen molar-refractivity contribution in [1.82, 2.24) is 4.98 Å². The summed E-state index contributed by atoms with van der Waals surface area (Å²) in [6, 6.07) is 16.8. The zero-order chi connectivity index (χ0) is 26.6. The van der Waals surface area contributed by atoms with Crippen molar-refractivity contribution < 1.29 is 24.2 Å². The van der Waals surface area contributed by atoms with Crippen LogP contribution in [0.1, 0.15) is 36.6 Å². The molecule has 0 radical (unpaired) electrons. The number of hydrogen-bond donors (Lipinski definition) is 1. The molecule has 0 aliphatic carbocycles. The van der Waals surface area contributed by atoms with Crippen LogP contribution in [0.25, 0.3) is 16.0 Å². The van der Waals surface area contributed by atoms with Gasteiger partial charge in [0, 0.05) is 17.0 Å². The number of ketones is 1. The Hall–Kier alpha value is -3.88. The molecule has 1 aromatic heterocycles. The summed E-state index contributed by atoms with van der Waals surface area (Å²) in [5.74, 6) is -0.358. The van der Waals surface area contributed by atoms with E-state index in [1.807, 2.05) is 38.1 Å². The molecular weight excluding hydrogens is 524 g/mol. The van der Waals surface area contributed by atoms with Crippen LogP contribution in [0.5, 0.6) is 11.5 Å². The van der Waals surface area contributed by atoms with Crippen LogP contribution in [0.2, 0.25) is 5.02 Å². The van der Waals surface area contributed by atoms with E-state index in [9.17, 15) is 14.7 Å². The number of Topliss-reactive ketones (excluding diaryl/α,β-unsaturated/α-hetero) is 1. The Bertz CT molecular complexity index is 1650. The number of aliphatic hydroxyl groups is 1. The van der Waals surface area contributed by atoms with Gasteiger partial charge >= 0.3 is 5.91 Å². The first-order valence-corrected chi connectivity index (χ1v) is 13.4. The van der Waals surface area contributed by atoms with Gasteiger partial charge in [-0.15, -0.1) is 0 Å². The molecule has 3 heterocycles. The summed E-state index contributed by atoms with van der Waals surface area (Å²) in [7, 11) is 0. The minimum Gasteiger partial charge on any atom is -0.507 e. The fraction of sp³-hybridized carbons (Fsp3) is 0.207. The van der Waals surface area contributed by atoms with E-state index in [0.29, 0.717) is 45.6 Å². The van der Waals surface area contributed by atoms with Crippen molar-refractivity contribution in [3.8, 4) is 11.5 Å². The summed E-state index contributed by atoms with van der Waals surface area (Å²) in [4.78, 5) is 33.0. The number of fused-ring (bicyclic) bond motifs is 2. The lowest BCUT2D eigenvalue weighted by atomic mass is 9.94. The smallest absolute Gasteiger partial charge is 0.301 e. The van der Waals surface area contributed by atoms with E-state index >= 15 is 0 Å². The molecule has 0 saturated carbocycles. The summed E-state index contributed by atoms with van der Waals surface area (Å²) < 4.78 is 12.2. The molecule has 1 N–H and O–H groups in total. The van der Waals surface area contributed by atoms with Crippen molar-refractivity contribution in [2.75, 3.05) is 11.5 Å². The predicted octanol–water partition coefficient (Wildman–Crippen LogP) is 6.30. The second kappa shape index (κ2) is 9.45. The van der Waals surface area contributed by atoms with Crippen LogP contribution in [0.3, 0.4) is 0 Å².